The van der Waals surface area contributed by atoms with Crippen LogP contribution in [0.3, 0.4) is 0 Å². The van der Waals surface area contributed by atoms with Gasteiger partial charge in [-0.2, -0.15) is 5.10 Å². The minimum atomic E-state index is 0.869. The predicted molar refractivity (Wildman–Crippen MR) is 109 cm³/mol. The van der Waals surface area contributed by atoms with Crippen molar-refractivity contribution in [2.45, 2.75) is 6.42 Å². The van der Waals surface area contributed by atoms with Crippen LogP contribution in [0.25, 0.3) is 22.5 Å². The number of aromatic amines is 1. The van der Waals surface area contributed by atoms with Crippen LogP contribution in [0.4, 0.5) is 17.1 Å². The van der Waals surface area contributed by atoms with Crippen molar-refractivity contribution in [3.8, 4) is 22.5 Å². The van der Waals surface area contributed by atoms with Crippen LogP contribution in [0, 0.1) is 0 Å². The fourth-order valence-electron chi connectivity index (χ4n) is 3.35. The Labute approximate surface area is 160 Å². The fraction of sp³-hybridized carbons (Fsp3) is 0.0500. The Morgan fingerprint density at radius 2 is 1.62 bits per heavy atom. The quantitative estimate of drug-likeness (QED) is 0.335. The molecule has 0 aliphatic heterocycles. The lowest BCUT2D eigenvalue weighted by Crippen LogP contribution is -1.91. The van der Waals surface area contributed by atoms with Gasteiger partial charge in [-0.1, -0.05) is 12.1 Å². The molecule has 0 fully saturated rings. The van der Waals surface area contributed by atoms with Crippen molar-refractivity contribution in [3.63, 3.8) is 0 Å². The molecule has 2 aromatic heterocycles. The molecule has 1 aliphatic carbocycles. The van der Waals surface area contributed by atoms with Crippen LogP contribution in [0.15, 0.2) is 60.0 Å². The van der Waals surface area contributed by atoms with Gasteiger partial charge in [0.05, 0.1) is 11.4 Å². The van der Waals surface area contributed by atoms with E-state index < -0.39 is 0 Å². The van der Waals surface area contributed by atoms with Gasteiger partial charge < -0.3 is 5.32 Å². The van der Waals surface area contributed by atoms with Gasteiger partial charge in [-0.25, -0.2) is 0 Å². The molecule has 1 aliphatic rings. The lowest BCUT2D eigenvalue weighted by Gasteiger charge is -2.08. The van der Waals surface area contributed by atoms with E-state index in [1.54, 1.807) is 0 Å². The summed E-state index contributed by atoms with van der Waals surface area (Å²) in [6.45, 7) is 0. The van der Waals surface area contributed by atoms with Crippen molar-refractivity contribution in [1.29, 1.82) is 0 Å². The first-order valence-electron chi connectivity index (χ1n) is 8.30. The number of hydrogen-bond acceptors (Lipinski definition) is 4. The van der Waals surface area contributed by atoms with Gasteiger partial charge in [0.15, 0.2) is 0 Å². The molecule has 2 heterocycles. The van der Waals surface area contributed by atoms with E-state index in [2.05, 4.69) is 56.1 Å². The highest BCUT2D eigenvalue weighted by Crippen LogP contribution is 2.42. The third-order valence-corrected chi connectivity index (χ3v) is 5.80. The largest absolute Gasteiger partial charge is 0.356 e. The molecule has 5 rings (SSSR count). The normalized spacial score (nSPS) is 11.9. The van der Waals surface area contributed by atoms with Crippen molar-refractivity contribution in [2.24, 2.45) is 0 Å². The Morgan fingerprint density at radius 3 is 2.35 bits per heavy atom. The van der Waals surface area contributed by atoms with Gasteiger partial charge >= 0.3 is 0 Å². The molecule has 0 unspecified atom stereocenters. The van der Waals surface area contributed by atoms with Crippen molar-refractivity contribution < 1.29 is 0 Å². The smallest absolute Gasteiger partial charge is 0.0962 e. The summed E-state index contributed by atoms with van der Waals surface area (Å²) in [5.41, 5.74) is 8.87. The van der Waals surface area contributed by atoms with E-state index in [0.29, 0.717) is 0 Å². The first-order valence-corrected chi connectivity index (χ1v) is 9.56. The van der Waals surface area contributed by atoms with Crippen molar-refractivity contribution >= 4 is 40.2 Å². The van der Waals surface area contributed by atoms with Crippen LogP contribution in [0.2, 0.25) is 0 Å². The van der Waals surface area contributed by atoms with Crippen LogP contribution in [0.5, 0.6) is 0 Å². The molecule has 0 atom stereocenters. The van der Waals surface area contributed by atoms with Crippen LogP contribution in [-0.4, -0.2) is 10.2 Å². The van der Waals surface area contributed by atoms with E-state index >= 15 is 0 Å². The number of H-pyrrole nitrogens is 1. The maximum Gasteiger partial charge on any atom is 0.0962 e. The molecule has 4 nitrogen and oxygen atoms in total. The van der Waals surface area contributed by atoms with Gasteiger partial charge in [-0.05, 0) is 47.8 Å². The third-order valence-electron chi connectivity index (χ3n) is 4.66. The molecule has 0 radical (unpaired) electrons. The molecule has 0 bridgehead atoms. The van der Waals surface area contributed by atoms with Gasteiger partial charge in [0.1, 0.15) is 0 Å². The second-order valence-corrected chi connectivity index (χ2v) is 7.42. The maximum atomic E-state index is 5.59. The molecule has 3 N–H and O–H groups in total. The van der Waals surface area contributed by atoms with E-state index in [-0.39, 0.29) is 0 Å². The van der Waals surface area contributed by atoms with E-state index in [4.69, 9.17) is 11.8 Å². The summed E-state index contributed by atoms with van der Waals surface area (Å²) in [5.74, 6) is 0. The third kappa shape index (κ3) is 2.57. The summed E-state index contributed by atoms with van der Waals surface area (Å²) >= 11 is 7.40. The van der Waals surface area contributed by atoms with Gasteiger partial charge in [0.25, 0.3) is 0 Å². The summed E-state index contributed by atoms with van der Waals surface area (Å²) in [4.78, 5) is 4.02. The van der Waals surface area contributed by atoms with Crippen molar-refractivity contribution in [1.82, 2.24) is 10.2 Å². The van der Waals surface area contributed by atoms with Crippen molar-refractivity contribution in [2.75, 3.05) is 10.2 Å². The molecule has 0 saturated carbocycles. The average Bonchev–Trinajstić information content (AvgIpc) is 3.36. The number of halogens is 1. The summed E-state index contributed by atoms with van der Waals surface area (Å²) in [6, 6.07) is 18.4. The van der Waals surface area contributed by atoms with E-state index in [0.717, 1.165) is 34.7 Å². The Morgan fingerprint density at radius 1 is 0.923 bits per heavy atom. The Hall–Kier alpha value is -2.76. The Bertz CT molecular complexity index is 1060. The number of fused-ring (bicyclic) bond motifs is 3. The Kier molecular flexibility index (Phi) is 3.69. The number of nitrogens with one attached hydrogen (secondary N) is 3. The minimum Gasteiger partial charge on any atom is -0.356 e. The van der Waals surface area contributed by atoms with Crippen molar-refractivity contribution in [3.05, 3.63) is 70.4 Å². The van der Waals surface area contributed by atoms with Gasteiger partial charge in [0.2, 0.25) is 0 Å². The van der Waals surface area contributed by atoms with Crippen LogP contribution in [0.1, 0.15) is 10.4 Å². The van der Waals surface area contributed by atoms with Crippen LogP contribution < -0.4 is 10.2 Å². The van der Waals surface area contributed by atoms with Gasteiger partial charge in [-0.15, -0.1) is 11.3 Å². The number of anilines is 3. The second kappa shape index (κ2) is 6.20. The summed E-state index contributed by atoms with van der Waals surface area (Å²) in [6.07, 6.45) is 0.967. The maximum absolute atomic E-state index is 5.59. The zero-order valence-electron chi connectivity index (χ0n) is 13.7. The molecule has 0 saturated heterocycles. The average molecular weight is 379 g/mol. The number of thiophene rings is 1. The highest BCUT2D eigenvalue weighted by molar-refractivity contribution is 7.10. The van der Waals surface area contributed by atoms with E-state index in [9.17, 15) is 0 Å². The molecule has 2 aromatic carbocycles. The van der Waals surface area contributed by atoms with Crippen LogP contribution in [-0.2, 0) is 6.42 Å². The highest BCUT2D eigenvalue weighted by atomic mass is 35.5. The lowest BCUT2D eigenvalue weighted by atomic mass is 10.1. The summed E-state index contributed by atoms with van der Waals surface area (Å²) < 4.78 is 0. The minimum absolute atomic E-state index is 0.869. The number of rotatable bonds is 4. The number of nitrogens with zero attached hydrogens (tertiary/aromatic N) is 1. The monoisotopic (exact) mass is 378 g/mol. The first-order chi connectivity index (χ1) is 12.8. The first kappa shape index (κ1) is 15.5. The van der Waals surface area contributed by atoms with E-state index in [1.165, 1.54) is 21.7 Å². The van der Waals surface area contributed by atoms with Gasteiger partial charge in [0, 0.05) is 56.8 Å². The SMILES string of the molecule is ClNc1ccc(Nc2ccc(-c3n[nH]c4c3Cc3sccc3-4)cc2)cc1. The number of hydrogen-bond donors (Lipinski definition) is 3. The molecule has 26 heavy (non-hydrogen) atoms. The summed E-state index contributed by atoms with van der Waals surface area (Å²) in [5, 5.41) is 13.3. The second-order valence-electron chi connectivity index (χ2n) is 6.23. The summed E-state index contributed by atoms with van der Waals surface area (Å²) in [7, 11) is 0. The molecule has 0 spiro atoms. The molecule has 128 valence electrons. The Balaban J connectivity index is 1.38. The number of benzene rings is 2. The zero-order valence-corrected chi connectivity index (χ0v) is 15.3. The lowest BCUT2D eigenvalue weighted by molar-refractivity contribution is 1.10. The topological polar surface area (TPSA) is 52.7 Å². The molecular formula is C20H15ClN4S. The molecule has 6 heteroatoms. The standard InChI is InChI=1S/C20H15ClN4S/c21-23-15-7-5-14(6-8-15)22-13-3-1-12(2-4-13)19-17-11-18-16(9-10-26-18)20(17)25-24-19/h1-10,22-23H,11H2,(H,24,25). The van der Waals surface area contributed by atoms with E-state index in [1.807, 2.05) is 35.6 Å². The fourth-order valence-corrected chi connectivity index (χ4v) is 4.37. The van der Waals surface area contributed by atoms with Gasteiger partial charge in [-0.3, -0.25) is 9.93 Å². The highest BCUT2D eigenvalue weighted by Gasteiger charge is 2.25. The predicted octanol–water partition coefficient (Wildman–Crippen LogP) is 6.02. The molecule has 4 aromatic rings. The number of aromatic nitrogens is 2. The van der Waals surface area contributed by atoms with Crippen LogP contribution >= 0.6 is 23.1 Å². The molecular weight excluding hydrogens is 364 g/mol. The molecule has 0 amide bonds. The zero-order chi connectivity index (χ0) is 17.5.